The lowest BCUT2D eigenvalue weighted by atomic mass is 9.79. The van der Waals surface area contributed by atoms with Gasteiger partial charge in [0, 0.05) is 0 Å². The third kappa shape index (κ3) is 7.44. The molecule has 2 aromatic rings. The van der Waals surface area contributed by atoms with Gasteiger partial charge in [-0.15, -0.1) is 0 Å². The van der Waals surface area contributed by atoms with Crippen LogP contribution in [0.4, 0.5) is 0 Å². The summed E-state index contributed by atoms with van der Waals surface area (Å²) in [7, 11) is -1.35. The molecule has 2 rings (SSSR count). The fourth-order valence-electron chi connectivity index (χ4n) is 2.22. The predicted octanol–water partition coefficient (Wildman–Crippen LogP) is 3.35. The SMILES string of the molecule is CCCCc1cccc(B(O)O)c1.CCCc1ccccc1. The minimum atomic E-state index is -1.35. The van der Waals surface area contributed by atoms with Crippen molar-refractivity contribution in [2.24, 2.45) is 0 Å². The molecule has 2 nitrogen and oxygen atoms in total. The Morgan fingerprint density at radius 1 is 0.773 bits per heavy atom. The van der Waals surface area contributed by atoms with E-state index in [0.29, 0.717) is 5.46 Å². The maximum atomic E-state index is 8.93. The van der Waals surface area contributed by atoms with Crippen LogP contribution in [-0.2, 0) is 12.8 Å². The van der Waals surface area contributed by atoms with E-state index in [0.717, 1.165) is 19.3 Å². The van der Waals surface area contributed by atoms with Crippen LogP contribution in [0.1, 0.15) is 44.2 Å². The van der Waals surface area contributed by atoms with Crippen LogP contribution in [0.5, 0.6) is 0 Å². The molecular formula is C19H27BO2. The molecule has 0 spiro atoms. The highest BCUT2D eigenvalue weighted by Crippen LogP contribution is 2.03. The molecule has 22 heavy (non-hydrogen) atoms. The molecule has 0 saturated heterocycles. The lowest BCUT2D eigenvalue weighted by molar-refractivity contribution is 0.425. The van der Waals surface area contributed by atoms with E-state index in [1.54, 1.807) is 6.07 Å². The van der Waals surface area contributed by atoms with Crippen LogP contribution in [0.3, 0.4) is 0 Å². The van der Waals surface area contributed by atoms with Crippen LogP contribution in [0.25, 0.3) is 0 Å². The number of unbranched alkanes of at least 4 members (excludes halogenated alkanes) is 1. The van der Waals surface area contributed by atoms with Crippen LogP contribution in [-0.4, -0.2) is 17.2 Å². The topological polar surface area (TPSA) is 40.5 Å². The standard InChI is InChI=1S/C10H15BO2.C9H12/c1-2-3-5-9-6-4-7-10(8-9)11(12)13;1-2-6-9-7-4-3-5-8-9/h4,6-8,12-13H,2-3,5H2,1H3;3-5,7-8H,2,6H2,1H3. The van der Waals surface area contributed by atoms with Gasteiger partial charge in [0.25, 0.3) is 0 Å². The Hall–Kier alpha value is -1.58. The zero-order valence-corrected chi connectivity index (χ0v) is 13.7. The van der Waals surface area contributed by atoms with E-state index in [1.807, 2.05) is 18.2 Å². The average molecular weight is 298 g/mol. The van der Waals surface area contributed by atoms with Gasteiger partial charge >= 0.3 is 7.12 Å². The van der Waals surface area contributed by atoms with Crippen molar-refractivity contribution in [1.29, 1.82) is 0 Å². The van der Waals surface area contributed by atoms with Crippen LogP contribution in [0, 0.1) is 0 Å². The minimum Gasteiger partial charge on any atom is -0.423 e. The summed E-state index contributed by atoms with van der Waals surface area (Å²) in [4.78, 5) is 0. The molecule has 0 aliphatic rings. The molecule has 0 bridgehead atoms. The van der Waals surface area contributed by atoms with Gasteiger partial charge in [-0.2, -0.15) is 0 Å². The van der Waals surface area contributed by atoms with Gasteiger partial charge in [0.2, 0.25) is 0 Å². The monoisotopic (exact) mass is 298 g/mol. The van der Waals surface area contributed by atoms with Crippen molar-refractivity contribution < 1.29 is 10.0 Å². The lowest BCUT2D eigenvalue weighted by Gasteiger charge is -2.03. The van der Waals surface area contributed by atoms with E-state index in [-0.39, 0.29) is 0 Å². The average Bonchev–Trinajstić information content (AvgIpc) is 2.55. The minimum absolute atomic E-state index is 0.577. The van der Waals surface area contributed by atoms with Crippen molar-refractivity contribution in [2.75, 3.05) is 0 Å². The normalized spacial score (nSPS) is 9.82. The summed E-state index contributed by atoms with van der Waals surface area (Å²) in [5.74, 6) is 0. The molecule has 0 saturated carbocycles. The highest BCUT2D eigenvalue weighted by molar-refractivity contribution is 6.58. The zero-order chi connectivity index (χ0) is 16.2. The van der Waals surface area contributed by atoms with Crippen molar-refractivity contribution >= 4 is 12.6 Å². The quantitative estimate of drug-likeness (QED) is 0.803. The Bertz CT molecular complexity index is 512. The van der Waals surface area contributed by atoms with Gasteiger partial charge in [-0.25, -0.2) is 0 Å². The van der Waals surface area contributed by atoms with Crippen molar-refractivity contribution in [3.8, 4) is 0 Å². The van der Waals surface area contributed by atoms with Crippen molar-refractivity contribution in [3.63, 3.8) is 0 Å². The fourth-order valence-corrected chi connectivity index (χ4v) is 2.22. The van der Waals surface area contributed by atoms with Gasteiger partial charge < -0.3 is 10.0 Å². The van der Waals surface area contributed by atoms with Gasteiger partial charge in [0.05, 0.1) is 0 Å². The van der Waals surface area contributed by atoms with Crippen LogP contribution >= 0.6 is 0 Å². The molecule has 0 heterocycles. The van der Waals surface area contributed by atoms with Crippen LogP contribution < -0.4 is 5.46 Å². The van der Waals surface area contributed by atoms with E-state index in [2.05, 4.69) is 44.2 Å². The van der Waals surface area contributed by atoms with Gasteiger partial charge in [0.1, 0.15) is 0 Å². The molecule has 0 radical (unpaired) electrons. The molecular weight excluding hydrogens is 271 g/mol. The van der Waals surface area contributed by atoms with Gasteiger partial charge in [-0.3, -0.25) is 0 Å². The maximum Gasteiger partial charge on any atom is 0.488 e. The summed E-state index contributed by atoms with van der Waals surface area (Å²) in [6.07, 6.45) is 5.76. The number of benzene rings is 2. The Balaban J connectivity index is 0.000000235. The molecule has 2 aromatic carbocycles. The Morgan fingerprint density at radius 2 is 1.45 bits per heavy atom. The highest BCUT2D eigenvalue weighted by atomic mass is 16.4. The summed E-state index contributed by atoms with van der Waals surface area (Å²) in [6.45, 7) is 4.34. The summed E-state index contributed by atoms with van der Waals surface area (Å²) >= 11 is 0. The van der Waals surface area contributed by atoms with Crippen LogP contribution in [0.2, 0.25) is 0 Å². The zero-order valence-electron chi connectivity index (χ0n) is 13.7. The molecule has 0 aromatic heterocycles. The smallest absolute Gasteiger partial charge is 0.423 e. The van der Waals surface area contributed by atoms with Crippen LogP contribution in [0.15, 0.2) is 54.6 Å². The number of hydrogen-bond acceptors (Lipinski definition) is 2. The number of aryl methyl sites for hydroxylation is 2. The Kier molecular flexibility index (Phi) is 9.28. The molecule has 0 unspecified atom stereocenters. The lowest BCUT2D eigenvalue weighted by Crippen LogP contribution is -2.29. The molecule has 0 aliphatic heterocycles. The van der Waals surface area contributed by atoms with Crippen molar-refractivity contribution in [1.82, 2.24) is 0 Å². The molecule has 3 heteroatoms. The third-order valence-corrected chi connectivity index (χ3v) is 3.45. The van der Waals surface area contributed by atoms with Crippen molar-refractivity contribution in [2.45, 2.75) is 46.0 Å². The highest BCUT2D eigenvalue weighted by Gasteiger charge is 2.09. The van der Waals surface area contributed by atoms with E-state index in [4.69, 9.17) is 10.0 Å². The Labute approximate surface area is 135 Å². The van der Waals surface area contributed by atoms with Crippen molar-refractivity contribution in [3.05, 3.63) is 65.7 Å². The molecule has 0 aliphatic carbocycles. The first-order valence-corrected chi connectivity index (χ1v) is 8.16. The maximum absolute atomic E-state index is 8.93. The predicted molar refractivity (Wildman–Crippen MR) is 95.3 cm³/mol. The first kappa shape index (κ1) is 18.5. The molecule has 0 amide bonds. The van der Waals surface area contributed by atoms with E-state index < -0.39 is 7.12 Å². The summed E-state index contributed by atoms with van der Waals surface area (Å²) < 4.78 is 0. The summed E-state index contributed by atoms with van der Waals surface area (Å²) in [5, 5.41) is 17.9. The van der Waals surface area contributed by atoms with Gasteiger partial charge in [-0.1, -0.05) is 81.3 Å². The summed E-state index contributed by atoms with van der Waals surface area (Å²) in [6, 6.07) is 18.0. The fraction of sp³-hybridized carbons (Fsp3) is 0.368. The molecule has 0 atom stereocenters. The first-order chi connectivity index (χ1) is 10.7. The van der Waals surface area contributed by atoms with E-state index in [9.17, 15) is 0 Å². The van der Waals surface area contributed by atoms with Gasteiger partial charge in [-0.05, 0) is 35.9 Å². The number of hydrogen-bond donors (Lipinski definition) is 2. The second-order valence-electron chi connectivity index (χ2n) is 5.46. The largest absolute Gasteiger partial charge is 0.488 e. The van der Waals surface area contributed by atoms with E-state index >= 15 is 0 Å². The molecule has 0 fully saturated rings. The summed E-state index contributed by atoms with van der Waals surface area (Å²) in [5.41, 5.74) is 3.20. The second kappa shape index (κ2) is 11.1. The van der Waals surface area contributed by atoms with E-state index in [1.165, 1.54) is 24.0 Å². The first-order valence-electron chi connectivity index (χ1n) is 8.16. The third-order valence-electron chi connectivity index (χ3n) is 3.45. The second-order valence-corrected chi connectivity index (χ2v) is 5.46. The number of rotatable bonds is 6. The molecule has 118 valence electrons. The molecule has 2 N–H and O–H groups in total. The van der Waals surface area contributed by atoms with Gasteiger partial charge in [0.15, 0.2) is 0 Å². The Morgan fingerprint density at radius 3 is 2.05 bits per heavy atom.